The molecule has 1 aromatic rings. The van der Waals surface area contributed by atoms with Crippen molar-refractivity contribution in [2.75, 3.05) is 0 Å². The SMILES string of the molecule is NC(=S)NS(=O)(=O)c1ccccc1OC(Cl)=CCl. The Kier molecular flexibility index (Phi) is 5.21. The van der Waals surface area contributed by atoms with Gasteiger partial charge in [-0.15, -0.1) is 0 Å². The molecular weight excluding hydrogens is 319 g/mol. The van der Waals surface area contributed by atoms with Crippen LogP contribution < -0.4 is 15.2 Å². The zero-order chi connectivity index (χ0) is 13.8. The van der Waals surface area contributed by atoms with Crippen LogP contribution in [0.4, 0.5) is 0 Å². The molecule has 0 amide bonds. The van der Waals surface area contributed by atoms with Gasteiger partial charge in [-0.25, -0.2) is 8.42 Å². The van der Waals surface area contributed by atoms with E-state index >= 15 is 0 Å². The quantitative estimate of drug-likeness (QED) is 0.652. The molecule has 0 unspecified atom stereocenters. The van der Waals surface area contributed by atoms with Gasteiger partial charge in [0.1, 0.15) is 10.6 Å². The number of halogens is 2. The molecule has 0 heterocycles. The molecule has 1 rings (SSSR count). The number of para-hydroxylation sites is 1. The van der Waals surface area contributed by atoms with Crippen LogP contribution in [0, 0.1) is 0 Å². The predicted octanol–water partition coefficient (Wildman–Crippen LogP) is 1.86. The first-order valence-electron chi connectivity index (χ1n) is 4.42. The summed E-state index contributed by atoms with van der Waals surface area (Å²) in [5.41, 5.74) is 6.10. The summed E-state index contributed by atoms with van der Waals surface area (Å²) in [7, 11) is -3.91. The molecule has 0 fully saturated rings. The number of rotatable bonds is 4. The summed E-state index contributed by atoms with van der Waals surface area (Å²) < 4.78 is 30.8. The Morgan fingerprint density at radius 3 is 2.61 bits per heavy atom. The Hall–Kier alpha value is -1.02. The van der Waals surface area contributed by atoms with Gasteiger partial charge >= 0.3 is 0 Å². The molecule has 0 radical (unpaired) electrons. The molecule has 0 bridgehead atoms. The number of sulfonamides is 1. The van der Waals surface area contributed by atoms with E-state index < -0.39 is 10.0 Å². The minimum atomic E-state index is -3.91. The molecule has 0 saturated heterocycles. The van der Waals surface area contributed by atoms with E-state index in [0.717, 1.165) is 5.54 Å². The highest BCUT2D eigenvalue weighted by atomic mass is 35.5. The van der Waals surface area contributed by atoms with E-state index in [0.29, 0.717) is 0 Å². The van der Waals surface area contributed by atoms with Gasteiger partial charge in [0, 0.05) is 0 Å². The highest BCUT2D eigenvalue weighted by Gasteiger charge is 2.20. The van der Waals surface area contributed by atoms with Crippen molar-refractivity contribution in [2.24, 2.45) is 5.73 Å². The highest BCUT2D eigenvalue weighted by molar-refractivity contribution is 7.92. The molecule has 98 valence electrons. The molecule has 0 atom stereocenters. The van der Waals surface area contributed by atoms with Crippen molar-refractivity contribution in [1.82, 2.24) is 4.72 Å². The minimum absolute atomic E-state index is 0.00292. The van der Waals surface area contributed by atoms with Crippen molar-refractivity contribution in [2.45, 2.75) is 4.90 Å². The first kappa shape index (κ1) is 15.0. The van der Waals surface area contributed by atoms with Crippen molar-refractivity contribution < 1.29 is 13.2 Å². The Balaban J connectivity index is 3.21. The molecule has 0 saturated carbocycles. The Bertz CT molecular complexity index is 587. The third-order valence-electron chi connectivity index (χ3n) is 1.67. The third-order valence-corrected chi connectivity index (χ3v) is 3.80. The number of nitrogens with two attached hydrogens (primary N) is 1. The molecule has 3 N–H and O–H groups in total. The molecule has 1 aromatic carbocycles. The van der Waals surface area contributed by atoms with E-state index in [4.69, 9.17) is 33.7 Å². The summed E-state index contributed by atoms with van der Waals surface area (Å²) in [5.74, 6) is 0.00292. The van der Waals surface area contributed by atoms with Crippen molar-refractivity contribution in [3.8, 4) is 5.75 Å². The maximum atomic E-state index is 11.9. The third kappa shape index (κ3) is 4.02. The first-order valence-corrected chi connectivity index (χ1v) is 7.12. The van der Waals surface area contributed by atoms with Crippen LogP contribution in [0.15, 0.2) is 39.9 Å². The van der Waals surface area contributed by atoms with E-state index in [1.807, 2.05) is 4.72 Å². The van der Waals surface area contributed by atoms with Crippen LogP contribution >= 0.6 is 35.4 Å². The smallest absolute Gasteiger partial charge is 0.267 e. The fourth-order valence-electron chi connectivity index (χ4n) is 1.07. The number of nitrogens with one attached hydrogen (secondary N) is 1. The van der Waals surface area contributed by atoms with Gasteiger partial charge in [-0.2, -0.15) is 0 Å². The maximum Gasteiger partial charge on any atom is 0.267 e. The fourth-order valence-corrected chi connectivity index (χ4v) is 2.54. The second-order valence-corrected chi connectivity index (χ2v) is 5.61. The lowest BCUT2D eigenvalue weighted by molar-refractivity contribution is 0.449. The lowest BCUT2D eigenvalue weighted by Gasteiger charge is -2.11. The van der Waals surface area contributed by atoms with Crippen LogP contribution in [0.1, 0.15) is 0 Å². The standard InChI is InChI=1S/C9H8Cl2N2O3S2/c10-5-8(11)16-6-3-1-2-4-7(6)18(14,15)13-9(12)17/h1-5H,(H3,12,13,17). The number of ether oxygens (including phenoxy) is 1. The average Bonchev–Trinajstić information content (AvgIpc) is 2.27. The molecular formula is C9H8Cl2N2O3S2. The van der Waals surface area contributed by atoms with Crippen molar-refractivity contribution in [3.63, 3.8) is 0 Å². The average molecular weight is 327 g/mol. The number of benzene rings is 1. The Morgan fingerprint density at radius 2 is 2.06 bits per heavy atom. The molecule has 0 aliphatic heterocycles. The van der Waals surface area contributed by atoms with E-state index in [1.165, 1.54) is 18.2 Å². The topological polar surface area (TPSA) is 81.4 Å². The summed E-state index contributed by atoms with van der Waals surface area (Å²) in [6.45, 7) is 0. The van der Waals surface area contributed by atoms with Crippen LogP contribution in [0.3, 0.4) is 0 Å². The molecule has 18 heavy (non-hydrogen) atoms. The van der Waals surface area contributed by atoms with Crippen molar-refractivity contribution >= 4 is 50.6 Å². The van der Waals surface area contributed by atoms with E-state index in [9.17, 15) is 8.42 Å². The second-order valence-electron chi connectivity index (χ2n) is 2.93. The van der Waals surface area contributed by atoms with Crippen LogP contribution in [0.25, 0.3) is 0 Å². The monoisotopic (exact) mass is 326 g/mol. The lowest BCUT2D eigenvalue weighted by atomic mass is 10.3. The van der Waals surface area contributed by atoms with Gasteiger partial charge in [0.2, 0.25) is 5.22 Å². The summed E-state index contributed by atoms with van der Waals surface area (Å²) in [5, 5.41) is -0.543. The van der Waals surface area contributed by atoms with E-state index in [2.05, 4.69) is 12.2 Å². The van der Waals surface area contributed by atoms with E-state index in [1.54, 1.807) is 6.07 Å². The van der Waals surface area contributed by atoms with Gasteiger partial charge in [0.25, 0.3) is 10.0 Å². The van der Waals surface area contributed by atoms with E-state index in [-0.39, 0.29) is 21.0 Å². The summed E-state index contributed by atoms with van der Waals surface area (Å²) in [6.07, 6.45) is 0. The largest absolute Gasteiger partial charge is 0.443 e. The summed E-state index contributed by atoms with van der Waals surface area (Å²) in [6, 6.07) is 5.82. The predicted molar refractivity (Wildman–Crippen MR) is 74.0 cm³/mol. The number of hydrogen-bond donors (Lipinski definition) is 2. The van der Waals surface area contributed by atoms with Gasteiger partial charge in [0.05, 0.1) is 5.54 Å². The minimum Gasteiger partial charge on any atom is -0.443 e. The Morgan fingerprint density at radius 1 is 1.44 bits per heavy atom. The zero-order valence-corrected chi connectivity index (χ0v) is 11.9. The van der Waals surface area contributed by atoms with Crippen LogP contribution in [-0.4, -0.2) is 13.5 Å². The van der Waals surface area contributed by atoms with Crippen LogP contribution in [0.5, 0.6) is 5.75 Å². The summed E-state index contributed by atoms with van der Waals surface area (Å²) in [4.78, 5) is -0.158. The fraction of sp³-hybridized carbons (Fsp3) is 0. The maximum absolute atomic E-state index is 11.9. The van der Waals surface area contributed by atoms with Crippen molar-refractivity contribution in [3.05, 3.63) is 35.0 Å². The molecule has 0 aliphatic carbocycles. The molecule has 9 heteroatoms. The Labute approximate surface area is 120 Å². The second kappa shape index (κ2) is 6.24. The number of thiocarbonyl (C=S) groups is 1. The van der Waals surface area contributed by atoms with Gasteiger partial charge in [-0.1, -0.05) is 23.7 Å². The van der Waals surface area contributed by atoms with Crippen LogP contribution in [-0.2, 0) is 10.0 Å². The molecule has 0 aliphatic rings. The van der Waals surface area contributed by atoms with Crippen molar-refractivity contribution in [1.29, 1.82) is 0 Å². The molecule has 5 nitrogen and oxygen atoms in total. The van der Waals surface area contributed by atoms with Gasteiger partial charge in [-0.05, 0) is 36.0 Å². The highest BCUT2D eigenvalue weighted by Crippen LogP contribution is 2.26. The molecule has 0 spiro atoms. The van der Waals surface area contributed by atoms with Gasteiger partial charge in [-0.3, -0.25) is 4.72 Å². The number of hydrogen-bond acceptors (Lipinski definition) is 4. The summed E-state index contributed by atoms with van der Waals surface area (Å²) >= 11 is 15.4. The molecule has 0 aromatic heterocycles. The zero-order valence-electron chi connectivity index (χ0n) is 8.76. The normalized spacial score (nSPS) is 12.0. The van der Waals surface area contributed by atoms with Gasteiger partial charge < -0.3 is 10.5 Å². The van der Waals surface area contributed by atoms with Crippen LogP contribution in [0.2, 0.25) is 0 Å². The lowest BCUT2D eigenvalue weighted by Crippen LogP contribution is -2.34. The first-order chi connectivity index (χ1) is 8.36. The van der Waals surface area contributed by atoms with Gasteiger partial charge in [0.15, 0.2) is 5.11 Å².